The molecule has 1 aromatic carbocycles. The van der Waals surface area contributed by atoms with E-state index in [1.807, 2.05) is 12.1 Å². The minimum absolute atomic E-state index is 0.0346. The first-order valence-electron chi connectivity index (χ1n) is 10.6. The molecule has 2 fully saturated rings. The summed E-state index contributed by atoms with van der Waals surface area (Å²) in [5.74, 6) is -1.45. The molecule has 2 saturated heterocycles. The molecule has 3 heterocycles. The van der Waals surface area contributed by atoms with Crippen LogP contribution >= 0.6 is 0 Å². The van der Waals surface area contributed by atoms with Crippen molar-refractivity contribution < 1.29 is 22.3 Å². The van der Waals surface area contributed by atoms with E-state index in [1.54, 1.807) is 6.20 Å². The summed E-state index contributed by atoms with van der Waals surface area (Å²) in [5, 5.41) is 7.64. The number of halogens is 4. The summed E-state index contributed by atoms with van der Waals surface area (Å²) >= 11 is 0. The Morgan fingerprint density at radius 2 is 2.06 bits per heavy atom. The Kier molecular flexibility index (Phi) is 5.39. The van der Waals surface area contributed by atoms with Crippen molar-refractivity contribution in [3.63, 3.8) is 0 Å². The Morgan fingerprint density at radius 3 is 2.78 bits per heavy atom. The van der Waals surface area contributed by atoms with Crippen molar-refractivity contribution in [1.82, 2.24) is 15.3 Å². The largest absolute Gasteiger partial charge is 0.418 e. The third-order valence-corrected chi connectivity index (χ3v) is 6.49. The molecule has 0 saturated carbocycles. The SMILES string of the molecule is NC1OC1c1ccc(NC2CNCCC2C2C=CC(C(F)(F)F)=C(F)C2)c2cncnc12. The first-order valence-corrected chi connectivity index (χ1v) is 10.6. The van der Waals surface area contributed by atoms with E-state index in [1.165, 1.54) is 12.4 Å². The van der Waals surface area contributed by atoms with E-state index in [4.69, 9.17) is 10.5 Å². The van der Waals surface area contributed by atoms with E-state index in [0.29, 0.717) is 6.54 Å². The van der Waals surface area contributed by atoms with E-state index < -0.39 is 17.6 Å². The van der Waals surface area contributed by atoms with Gasteiger partial charge in [-0.2, -0.15) is 13.2 Å². The second kappa shape index (κ2) is 8.09. The maximum atomic E-state index is 14.3. The van der Waals surface area contributed by atoms with Gasteiger partial charge in [0.15, 0.2) is 0 Å². The number of nitrogens with one attached hydrogen (secondary N) is 2. The molecule has 0 spiro atoms. The van der Waals surface area contributed by atoms with Crippen LogP contribution < -0.4 is 16.4 Å². The van der Waals surface area contributed by atoms with Gasteiger partial charge in [0.1, 0.15) is 24.5 Å². The summed E-state index contributed by atoms with van der Waals surface area (Å²) in [6.45, 7) is 1.34. The van der Waals surface area contributed by atoms with E-state index in [-0.39, 0.29) is 36.6 Å². The minimum atomic E-state index is -4.67. The lowest BCUT2D eigenvalue weighted by Gasteiger charge is -2.38. The quantitative estimate of drug-likeness (QED) is 0.487. The van der Waals surface area contributed by atoms with Crippen LogP contribution in [0.5, 0.6) is 0 Å². The molecule has 2 aliphatic heterocycles. The number of fused-ring (bicyclic) bond motifs is 1. The highest BCUT2D eigenvalue weighted by atomic mass is 19.4. The van der Waals surface area contributed by atoms with Crippen LogP contribution in [0.3, 0.4) is 0 Å². The van der Waals surface area contributed by atoms with Gasteiger partial charge in [-0.25, -0.2) is 14.4 Å². The molecule has 170 valence electrons. The summed E-state index contributed by atoms with van der Waals surface area (Å²) in [6.07, 6.45) is 0.836. The molecule has 5 unspecified atom stereocenters. The zero-order valence-electron chi connectivity index (χ0n) is 17.1. The number of epoxide rings is 1. The van der Waals surface area contributed by atoms with Crippen molar-refractivity contribution in [2.45, 2.75) is 37.4 Å². The van der Waals surface area contributed by atoms with Crippen LogP contribution in [0.15, 0.2) is 48.2 Å². The van der Waals surface area contributed by atoms with Gasteiger partial charge in [-0.05, 0) is 30.9 Å². The number of hydrogen-bond donors (Lipinski definition) is 3. The molecule has 2 aromatic rings. The van der Waals surface area contributed by atoms with Gasteiger partial charge in [0.05, 0.1) is 11.1 Å². The number of allylic oxidation sites excluding steroid dienone is 4. The van der Waals surface area contributed by atoms with Gasteiger partial charge < -0.3 is 21.1 Å². The molecule has 1 aromatic heterocycles. The number of rotatable bonds is 4. The first kappa shape index (κ1) is 21.3. The fraction of sp³-hybridized carbons (Fsp3) is 0.455. The summed E-state index contributed by atoms with van der Waals surface area (Å²) in [7, 11) is 0. The number of hydrogen-bond acceptors (Lipinski definition) is 6. The van der Waals surface area contributed by atoms with Crippen LogP contribution in [0.1, 0.15) is 24.5 Å². The van der Waals surface area contributed by atoms with E-state index >= 15 is 0 Å². The second-order valence-corrected chi connectivity index (χ2v) is 8.46. The number of nitrogens with two attached hydrogens (primary N) is 1. The summed E-state index contributed by atoms with van der Waals surface area (Å²) in [6, 6.07) is 3.73. The second-order valence-electron chi connectivity index (χ2n) is 8.46. The maximum absolute atomic E-state index is 14.3. The lowest BCUT2D eigenvalue weighted by atomic mass is 9.77. The molecule has 5 atom stereocenters. The van der Waals surface area contributed by atoms with Crippen molar-refractivity contribution in [1.29, 1.82) is 0 Å². The third kappa shape index (κ3) is 3.98. The molecule has 5 rings (SSSR count). The van der Waals surface area contributed by atoms with Crippen LogP contribution in [-0.4, -0.2) is 41.5 Å². The van der Waals surface area contributed by atoms with Crippen molar-refractivity contribution in [3.8, 4) is 0 Å². The summed E-state index contributed by atoms with van der Waals surface area (Å²) in [5.41, 5.74) is 7.09. The normalized spacial score (nSPS) is 30.6. The van der Waals surface area contributed by atoms with Crippen LogP contribution in [0.25, 0.3) is 10.9 Å². The lowest BCUT2D eigenvalue weighted by Crippen LogP contribution is -2.47. The van der Waals surface area contributed by atoms with Crippen molar-refractivity contribution in [3.05, 3.63) is 53.8 Å². The van der Waals surface area contributed by atoms with Crippen molar-refractivity contribution in [2.24, 2.45) is 17.6 Å². The highest BCUT2D eigenvalue weighted by Crippen LogP contribution is 2.42. The van der Waals surface area contributed by atoms with Crippen molar-refractivity contribution in [2.75, 3.05) is 18.4 Å². The number of benzene rings is 1. The smallest absolute Gasteiger partial charge is 0.380 e. The number of anilines is 1. The molecule has 3 aliphatic rings. The lowest BCUT2D eigenvalue weighted by molar-refractivity contribution is -0.0907. The molecular weight excluding hydrogens is 426 g/mol. The monoisotopic (exact) mass is 449 g/mol. The van der Waals surface area contributed by atoms with Crippen LogP contribution in [0.4, 0.5) is 23.2 Å². The van der Waals surface area contributed by atoms with E-state index in [0.717, 1.165) is 41.2 Å². The van der Waals surface area contributed by atoms with Gasteiger partial charge in [-0.3, -0.25) is 0 Å². The highest BCUT2D eigenvalue weighted by molar-refractivity contribution is 5.93. The Labute approximate surface area is 181 Å². The average Bonchev–Trinajstić information content (AvgIpc) is 3.49. The standard InChI is InChI=1S/C22H23F4N5O/c23-16-7-11(1-3-15(16)22(24,25)26)12-5-6-28-9-18(12)31-17-4-2-13(20-21(27)32-20)19-14(17)8-29-10-30-19/h1-4,8,10-12,18,20-21,28,31H,5-7,9,27H2. The molecule has 0 amide bonds. The Balaban J connectivity index is 1.40. The van der Waals surface area contributed by atoms with Crippen LogP contribution in [-0.2, 0) is 4.74 Å². The molecule has 10 heteroatoms. The van der Waals surface area contributed by atoms with E-state index in [2.05, 4.69) is 20.6 Å². The van der Waals surface area contributed by atoms with Gasteiger partial charge in [0, 0.05) is 41.8 Å². The van der Waals surface area contributed by atoms with Crippen LogP contribution in [0.2, 0.25) is 0 Å². The fourth-order valence-electron chi connectivity index (χ4n) is 4.81. The summed E-state index contributed by atoms with van der Waals surface area (Å²) in [4.78, 5) is 8.55. The predicted octanol–water partition coefficient (Wildman–Crippen LogP) is 3.74. The molecule has 32 heavy (non-hydrogen) atoms. The number of aromatic nitrogens is 2. The first-order chi connectivity index (χ1) is 15.3. The molecular formula is C22H23F4N5O. The molecule has 6 nitrogen and oxygen atoms in total. The molecule has 0 bridgehead atoms. The number of ether oxygens (including phenoxy) is 1. The molecule has 0 radical (unpaired) electrons. The van der Waals surface area contributed by atoms with Gasteiger partial charge in [0.2, 0.25) is 0 Å². The fourth-order valence-corrected chi connectivity index (χ4v) is 4.81. The zero-order valence-corrected chi connectivity index (χ0v) is 17.1. The number of nitrogens with zero attached hydrogens (tertiary/aromatic N) is 2. The van der Waals surface area contributed by atoms with Gasteiger partial charge in [-0.15, -0.1) is 0 Å². The Morgan fingerprint density at radius 1 is 1.25 bits per heavy atom. The van der Waals surface area contributed by atoms with Gasteiger partial charge in [0.25, 0.3) is 0 Å². The zero-order chi connectivity index (χ0) is 22.5. The van der Waals surface area contributed by atoms with Gasteiger partial charge in [-0.1, -0.05) is 18.2 Å². The Bertz CT molecular complexity index is 1090. The molecule has 1 aliphatic carbocycles. The van der Waals surface area contributed by atoms with Gasteiger partial charge >= 0.3 is 6.18 Å². The summed E-state index contributed by atoms with van der Waals surface area (Å²) < 4.78 is 58.7. The van der Waals surface area contributed by atoms with E-state index in [9.17, 15) is 17.6 Å². The predicted molar refractivity (Wildman–Crippen MR) is 111 cm³/mol. The van der Waals surface area contributed by atoms with Crippen LogP contribution in [0, 0.1) is 11.8 Å². The van der Waals surface area contributed by atoms with Crippen molar-refractivity contribution >= 4 is 16.6 Å². The minimum Gasteiger partial charge on any atom is -0.380 e. The number of piperidine rings is 1. The average molecular weight is 449 g/mol. The Hall–Kier alpha value is -2.56. The maximum Gasteiger partial charge on any atom is 0.418 e. The third-order valence-electron chi connectivity index (χ3n) is 6.49. The number of alkyl halides is 3. The molecule has 4 N–H and O–H groups in total. The topological polar surface area (TPSA) is 88.4 Å². The highest BCUT2D eigenvalue weighted by Gasteiger charge is 2.41.